The zero-order valence-corrected chi connectivity index (χ0v) is 14.2. The van der Waals surface area contributed by atoms with Crippen LogP contribution in [0.5, 0.6) is 0 Å². The van der Waals surface area contributed by atoms with Crippen molar-refractivity contribution in [3.05, 3.63) is 28.8 Å². The van der Waals surface area contributed by atoms with Gasteiger partial charge in [0.05, 0.1) is 10.6 Å². The summed E-state index contributed by atoms with van der Waals surface area (Å²) in [6.07, 6.45) is 0. The lowest BCUT2D eigenvalue weighted by Crippen LogP contribution is -2.32. The Morgan fingerprint density at radius 1 is 1.26 bits per heavy atom. The molecule has 0 unspecified atom stereocenters. The number of halogens is 1. The molecule has 0 radical (unpaired) electrons. The van der Waals surface area contributed by atoms with E-state index in [-0.39, 0.29) is 17.7 Å². The molecule has 0 saturated carbocycles. The minimum absolute atomic E-state index is 0.0509. The Bertz CT molecular complexity index is 620. The number of nitrogens with zero attached hydrogens (tertiary/aromatic N) is 1. The van der Waals surface area contributed by atoms with Crippen LogP contribution in [-0.4, -0.2) is 42.9 Å². The topological polar surface area (TPSA) is 61.4 Å². The van der Waals surface area contributed by atoms with E-state index in [1.54, 1.807) is 18.2 Å². The fourth-order valence-electron chi connectivity index (χ4n) is 3.25. The summed E-state index contributed by atoms with van der Waals surface area (Å²) in [6, 6.07) is 5.07. The summed E-state index contributed by atoms with van der Waals surface area (Å²) in [4.78, 5) is 26.5. The molecule has 3 rings (SSSR count). The van der Waals surface area contributed by atoms with E-state index in [9.17, 15) is 9.59 Å². The smallest absolute Gasteiger partial charge is 0.255 e. The maximum absolute atomic E-state index is 12.8. The van der Waals surface area contributed by atoms with Crippen LogP contribution in [0, 0.1) is 17.8 Å². The number of carbonyl (C=O) groups excluding carboxylic acids is 2. The summed E-state index contributed by atoms with van der Waals surface area (Å²) in [5, 5.41) is 6.60. The van der Waals surface area contributed by atoms with Gasteiger partial charge in [-0.15, -0.1) is 0 Å². The van der Waals surface area contributed by atoms with Crippen LogP contribution >= 0.6 is 11.6 Å². The summed E-state index contributed by atoms with van der Waals surface area (Å²) in [5.41, 5.74) is 1.07. The average molecular weight is 336 g/mol. The molecule has 0 aromatic heterocycles. The number of likely N-dealkylation sites (tertiary alicyclic amines) is 1. The first kappa shape index (κ1) is 16.3. The van der Waals surface area contributed by atoms with Gasteiger partial charge in [0.1, 0.15) is 0 Å². The van der Waals surface area contributed by atoms with Gasteiger partial charge in [-0.05, 0) is 30.0 Å². The van der Waals surface area contributed by atoms with Gasteiger partial charge in [-0.2, -0.15) is 0 Å². The zero-order valence-electron chi connectivity index (χ0n) is 13.4. The van der Waals surface area contributed by atoms with Crippen LogP contribution < -0.4 is 10.6 Å². The fraction of sp³-hybridized carbons (Fsp3) is 0.529. The summed E-state index contributed by atoms with van der Waals surface area (Å²) in [6.45, 7) is 7.16. The molecule has 2 saturated heterocycles. The Morgan fingerprint density at radius 3 is 2.52 bits per heavy atom. The minimum atomic E-state index is -0.115. The molecule has 2 N–H and O–H groups in total. The Hall–Kier alpha value is -1.59. The lowest BCUT2D eigenvalue weighted by Gasteiger charge is -2.19. The molecular weight excluding hydrogens is 314 g/mol. The third-order valence-electron chi connectivity index (χ3n) is 4.67. The maximum Gasteiger partial charge on any atom is 0.255 e. The van der Waals surface area contributed by atoms with Gasteiger partial charge in [0, 0.05) is 37.8 Å². The highest BCUT2D eigenvalue weighted by atomic mass is 35.5. The van der Waals surface area contributed by atoms with E-state index in [0.29, 0.717) is 28.1 Å². The van der Waals surface area contributed by atoms with Gasteiger partial charge >= 0.3 is 0 Å². The lowest BCUT2D eigenvalue weighted by atomic mass is 10.0. The van der Waals surface area contributed by atoms with E-state index < -0.39 is 0 Å². The van der Waals surface area contributed by atoms with Gasteiger partial charge in [-0.25, -0.2) is 0 Å². The molecule has 2 aliphatic rings. The predicted octanol–water partition coefficient (Wildman–Crippen LogP) is 2.23. The first-order valence-corrected chi connectivity index (χ1v) is 8.44. The second-order valence-electron chi connectivity index (χ2n) is 6.73. The van der Waals surface area contributed by atoms with Crippen molar-refractivity contribution < 1.29 is 9.59 Å². The van der Waals surface area contributed by atoms with Gasteiger partial charge in [-0.3, -0.25) is 9.59 Å². The Morgan fingerprint density at radius 2 is 1.91 bits per heavy atom. The normalized spacial score (nSPS) is 23.2. The highest BCUT2D eigenvalue weighted by molar-refractivity contribution is 6.34. The molecular formula is C17H22ClN3O2. The van der Waals surface area contributed by atoms with Crippen molar-refractivity contribution in [1.29, 1.82) is 0 Å². The van der Waals surface area contributed by atoms with Gasteiger partial charge < -0.3 is 15.5 Å². The Kier molecular flexibility index (Phi) is 4.60. The van der Waals surface area contributed by atoms with E-state index in [1.165, 1.54) is 0 Å². The Balaban J connectivity index is 1.76. The summed E-state index contributed by atoms with van der Waals surface area (Å²) in [7, 11) is 0. The molecule has 0 bridgehead atoms. The van der Waals surface area contributed by atoms with E-state index in [1.807, 2.05) is 18.7 Å². The molecule has 1 aromatic carbocycles. The number of hydrogen-bond acceptors (Lipinski definition) is 3. The third-order valence-corrected chi connectivity index (χ3v) is 4.99. The molecule has 2 heterocycles. The zero-order chi connectivity index (χ0) is 16.6. The average Bonchev–Trinajstić information content (AvgIpc) is 3.09. The van der Waals surface area contributed by atoms with E-state index in [2.05, 4.69) is 10.6 Å². The van der Waals surface area contributed by atoms with Crippen molar-refractivity contribution in [1.82, 2.24) is 10.2 Å². The van der Waals surface area contributed by atoms with Crippen molar-refractivity contribution in [2.75, 3.05) is 31.5 Å². The molecule has 2 aliphatic heterocycles. The number of anilines is 1. The molecule has 2 fully saturated rings. The molecule has 0 spiro atoms. The van der Waals surface area contributed by atoms with Crippen molar-refractivity contribution in [2.24, 2.45) is 17.8 Å². The monoisotopic (exact) mass is 335 g/mol. The standard InChI is InChI=1S/C17H22ClN3O2/c1-10(2)16(22)20-13-3-4-15(18)14(5-13)17(23)21-8-11-6-19-7-12(11)9-21/h3-5,10-12,19H,6-9H2,1-2H3,(H,20,22)/t11-,12+. The molecule has 2 amide bonds. The first-order valence-electron chi connectivity index (χ1n) is 8.06. The Labute approximate surface area is 141 Å². The first-order chi connectivity index (χ1) is 11.0. The van der Waals surface area contributed by atoms with E-state index >= 15 is 0 Å². The van der Waals surface area contributed by atoms with Crippen LogP contribution in [-0.2, 0) is 4.79 Å². The number of amides is 2. The molecule has 23 heavy (non-hydrogen) atoms. The number of benzene rings is 1. The highest BCUT2D eigenvalue weighted by Gasteiger charge is 2.38. The molecule has 1 aromatic rings. The quantitative estimate of drug-likeness (QED) is 0.890. The lowest BCUT2D eigenvalue weighted by molar-refractivity contribution is -0.118. The number of nitrogens with one attached hydrogen (secondary N) is 2. The van der Waals surface area contributed by atoms with Gasteiger partial charge in [0.25, 0.3) is 5.91 Å². The largest absolute Gasteiger partial charge is 0.338 e. The van der Waals surface area contributed by atoms with Crippen LogP contribution in [0.4, 0.5) is 5.69 Å². The third kappa shape index (κ3) is 3.35. The molecule has 124 valence electrons. The minimum Gasteiger partial charge on any atom is -0.338 e. The van der Waals surface area contributed by atoms with E-state index in [4.69, 9.17) is 11.6 Å². The number of rotatable bonds is 3. The molecule has 2 atom stereocenters. The summed E-state index contributed by atoms with van der Waals surface area (Å²) < 4.78 is 0. The molecule has 0 aliphatic carbocycles. The number of hydrogen-bond donors (Lipinski definition) is 2. The number of carbonyl (C=O) groups is 2. The summed E-state index contributed by atoms with van der Waals surface area (Å²) in [5.74, 6) is 0.843. The predicted molar refractivity (Wildman–Crippen MR) is 90.7 cm³/mol. The molecule has 6 heteroatoms. The maximum atomic E-state index is 12.8. The molecule has 5 nitrogen and oxygen atoms in total. The van der Waals surface area contributed by atoms with Crippen LogP contribution in [0.1, 0.15) is 24.2 Å². The SMILES string of the molecule is CC(C)C(=O)Nc1ccc(Cl)c(C(=O)N2C[C@H]3CNC[C@H]3C2)c1. The van der Waals surface area contributed by atoms with E-state index in [0.717, 1.165) is 26.2 Å². The van der Waals surface area contributed by atoms with Crippen LogP contribution in [0.15, 0.2) is 18.2 Å². The van der Waals surface area contributed by atoms with Crippen LogP contribution in [0.3, 0.4) is 0 Å². The summed E-state index contributed by atoms with van der Waals surface area (Å²) >= 11 is 6.22. The van der Waals surface area contributed by atoms with Crippen LogP contribution in [0.25, 0.3) is 0 Å². The van der Waals surface area contributed by atoms with Crippen molar-refractivity contribution >= 4 is 29.1 Å². The fourth-order valence-corrected chi connectivity index (χ4v) is 3.44. The van der Waals surface area contributed by atoms with Crippen molar-refractivity contribution in [3.63, 3.8) is 0 Å². The van der Waals surface area contributed by atoms with Crippen molar-refractivity contribution in [2.45, 2.75) is 13.8 Å². The second-order valence-corrected chi connectivity index (χ2v) is 7.13. The number of fused-ring (bicyclic) bond motifs is 1. The van der Waals surface area contributed by atoms with Crippen molar-refractivity contribution in [3.8, 4) is 0 Å². The van der Waals surface area contributed by atoms with Gasteiger partial charge in [-0.1, -0.05) is 25.4 Å². The second kappa shape index (κ2) is 6.49. The van der Waals surface area contributed by atoms with Gasteiger partial charge in [0.15, 0.2) is 0 Å². The van der Waals surface area contributed by atoms with Crippen LogP contribution in [0.2, 0.25) is 5.02 Å². The van der Waals surface area contributed by atoms with Gasteiger partial charge in [0.2, 0.25) is 5.91 Å². The highest BCUT2D eigenvalue weighted by Crippen LogP contribution is 2.29.